The molecule has 2 aliphatic rings. The molecular formula is C26H30FN5O3. The molecule has 1 aliphatic carbocycles. The number of nitrogens with zero attached hydrogens (tertiary/aromatic N) is 2. The van der Waals surface area contributed by atoms with Gasteiger partial charge in [0.05, 0.1) is 11.2 Å². The molecule has 1 aliphatic heterocycles. The van der Waals surface area contributed by atoms with E-state index in [0.29, 0.717) is 42.1 Å². The van der Waals surface area contributed by atoms with Crippen LogP contribution in [0.1, 0.15) is 36.9 Å². The van der Waals surface area contributed by atoms with E-state index < -0.39 is 0 Å². The maximum atomic E-state index is 13.9. The van der Waals surface area contributed by atoms with Crippen molar-refractivity contribution in [3.8, 4) is 5.75 Å². The maximum absolute atomic E-state index is 13.9. The van der Waals surface area contributed by atoms with Gasteiger partial charge >= 0.3 is 0 Å². The summed E-state index contributed by atoms with van der Waals surface area (Å²) < 4.78 is 20.9. The first-order valence-corrected chi connectivity index (χ1v) is 12.1. The highest BCUT2D eigenvalue weighted by atomic mass is 19.1. The molecule has 0 unspecified atom stereocenters. The first-order valence-electron chi connectivity index (χ1n) is 12.1. The molecule has 1 aromatic carbocycles. The molecular weight excluding hydrogens is 449 g/mol. The Morgan fingerprint density at radius 1 is 1.20 bits per heavy atom. The van der Waals surface area contributed by atoms with Crippen LogP contribution in [-0.4, -0.2) is 34.1 Å². The van der Waals surface area contributed by atoms with Crippen molar-refractivity contribution in [2.75, 3.05) is 11.9 Å². The number of carbonyl (C=O) groups excluding carboxylic acids is 1. The van der Waals surface area contributed by atoms with Gasteiger partial charge in [-0.3, -0.25) is 9.59 Å². The molecule has 0 radical (unpaired) electrons. The number of anilines is 1. The van der Waals surface area contributed by atoms with Gasteiger partial charge in [-0.2, -0.15) is 0 Å². The Hall–Kier alpha value is -3.30. The molecule has 35 heavy (non-hydrogen) atoms. The van der Waals surface area contributed by atoms with Crippen molar-refractivity contribution in [1.29, 1.82) is 0 Å². The molecule has 3 aromatic rings. The van der Waals surface area contributed by atoms with Gasteiger partial charge in [0.25, 0.3) is 11.5 Å². The molecule has 1 amide bonds. The van der Waals surface area contributed by atoms with Crippen molar-refractivity contribution in [3.63, 3.8) is 0 Å². The van der Waals surface area contributed by atoms with E-state index in [9.17, 15) is 14.0 Å². The number of pyridine rings is 2. The van der Waals surface area contributed by atoms with Gasteiger partial charge < -0.3 is 25.7 Å². The quantitative estimate of drug-likeness (QED) is 0.501. The lowest BCUT2D eigenvalue weighted by Crippen LogP contribution is -2.42. The van der Waals surface area contributed by atoms with E-state index in [1.54, 1.807) is 16.7 Å². The summed E-state index contributed by atoms with van der Waals surface area (Å²) in [6, 6.07) is 10.0. The third kappa shape index (κ3) is 5.06. The van der Waals surface area contributed by atoms with E-state index in [1.807, 2.05) is 19.1 Å². The third-order valence-electron chi connectivity index (χ3n) is 7.16. The van der Waals surface area contributed by atoms with Crippen molar-refractivity contribution in [1.82, 2.24) is 14.9 Å². The fourth-order valence-electron chi connectivity index (χ4n) is 5.17. The van der Waals surface area contributed by atoms with Gasteiger partial charge in [0.2, 0.25) is 0 Å². The number of amides is 1. The van der Waals surface area contributed by atoms with Crippen LogP contribution in [-0.2, 0) is 17.9 Å². The average Bonchev–Trinajstić information content (AvgIpc) is 2.85. The van der Waals surface area contributed by atoms with Gasteiger partial charge in [0.15, 0.2) is 18.2 Å². The Morgan fingerprint density at radius 3 is 2.80 bits per heavy atom. The Morgan fingerprint density at radius 2 is 2.00 bits per heavy atom. The number of carbonyl (C=O) groups is 1. The first kappa shape index (κ1) is 23.4. The van der Waals surface area contributed by atoms with Gasteiger partial charge in [0.1, 0.15) is 5.82 Å². The number of ether oxygens (including phenoxy) is 1. The minimum absolute atomic E-state index is 0.0172. The van der Waals surface area contributed by atoms with Gasteiger partial charge in [0, 0.05) is 36.6 Å². The SMILES string of the molecule is Cc1cc(=O)n(C[C@@H](N)C2CCC(NCc3ccc4c(n3)NC(=O)CO4)CC2)c2cc(F)ccc12. The van der Waals surface area contributed by atoms with Crippen LogP contribution in [0.4, 0.5) is 10.2 Å². The number of nitrogens with one attached hydrogen (secondary N) is 2. The second kappa shape index (κ2) is 9.75. The van der Waals surface area contributed by atoms with Gasteiger partial charge in [-0.05, 0) is 74.4 Å². The summed E-state index contributed by atoms with van der Waals surface area (Å²) in [6.07, 6.45) is 3.85. The Balaban J connectivity index is 1.18. The number of hydrogen-bond donors (Lipinski definition) is 3. The van der Waals surface area contributed by atoms with Crippen molar-refractivity contribution in [2.45, 2.75) is 57.8 Å². The van der Waals surface area contributed by atoms with Crippen molar-refractivity contribution in [3.05, 3.63) is 63.8 Å². The van der Waals surface area contributed by atoms with Crippen LogP contribution in [0.2, 0.25) is 0 Å². The Kier molecular flexibility index (Phi) is 6.53. The van der Waals surface area contributed by atoms with Gasteiger partial charge in [-0.1, -0.05) is 0 Å². The molecule has 2 aromatic heterocycles. The molecule has 184 valence electrons. The number of fused-ring (bicyclic) bond motifs is 2. The molecule has 8 nitrogen and oxygen atoms in total. The molecule has 1 fully saturated rings. The lowest BCUT2D eigenvalue weighted by atomic mass is 9.81. The van der Waals surface area contributed by atoms with E-state index >= 15 is 0 Å². The fourth-order valence-corrected chi connectivity index (χ4v) is 5.17. The van der Waals surface area contributed by atoms with Crippen LogP contribution >= 0.6 is 0 Å². The number of aromatic nitrogens is 2. The number of hydrogen-bond acceptors (Lipinski definition) is 6. The summed E-state index contributed by atoms with van der Waals surface area (Å²) in [5.41, 5.74) is 8.70. The van der Waals surface area contributed by atoms with Crippen LogP contribution in [0.15, 0.2) is 41.2 Å². The number of aryl methyl sites for hydroxylation is 1. The monoisotopic (exact) mass is 479 g/mol. The summed E-state index contributed by atoms with van der Waals surface area (Å²) >= 11 is 0. The molecule has 3 heterocycles. The minimum atomic E-state index is -0.361. The van der Waals surface area contributed by atoms with Crippen LogP contribution in [0, 0.1) is 18.7 Å². The second-order valence-corrected chi connectivity index (χ2v) is 9.58. The Bertz CT molecular complexity index is 1320. The number of rotatable bonds is 6. The van der Waals surface area contributed by atoms with Crippen LogP contribution < -0.4 is 26.7 Å². The summed E-state index contributed by atoms with van der Waals surface area (Å²) in [7, 11) is 0. The summed E-state index contributed by atoms with van der Waals surface area (Å²) in [4.78, 5) is 28.7. The largest absolute Gasteiger partial charge is 0.480 e. The second-order valence-electron chi connectivity index (χ2n) is 9.58. The maximum Gasteiger partial charge on any atom is 0.263 e. The smallest absolute Gasteiger partial charge is 0.263 e. The molecule has 0 saturated heterocycles. The van der Waals surface area contributed by atoms with E-state index in [2.05, 4.69) is 15.6 Å². The number of nitrogens with two attached hydrogens (primary N) is 1. The zero-order valence-corrected chi connectivity index (χ0v) is 19.7. The number of benzene rings is 1. The summed E-state index contributed by atoms with van der Waals surface area (Å²) in [5, 5.41) is 7.16. The minimum Gasteiger partial charge on any atom is -0.480 e. The number of halogens is 1. The topological polar surface area (TPSA) is 111 Å². The predicted molar refractivity (Wildman–Crippen MR) is 132 cm³/mol. The van der Waals surface area contributed by atoms with E-state index in [4.69, 9.17) is 10.5 Å². The molecule has 1 saturated carbocycles. The van der Waals surface area contributed by atoms with Crippen molar-refractivity contribution >= 4 is 22.6 Å². The molecule has 4 N–H and O–H groups in total. The average molecular weight is 480 g/mol. The lowest BCUT2D eigenvalue weighted by molar-refractivity contribution is -0.118. The zero-order chi connectivity index (χ0) is 24.5. The third-order valence-corrected chi connectivity index (χ3v) is 7.16. The van der Waals surface area contributed by atoms with Crippen LogP contribution in [0.25, 0.3) is 10.9 Å². The van der Waals surface area contributed by atoms with Crippen LogP contribution in [0.3, 0.4) is 0 Å². The van der Waals surface area contributed by atoms with Crippen molar-refractivity contribution in [2.24, 2.45) is 11.7 Å². The standard InChI is InChI=1S/C26H30FN5O3/c1-15-10-25(34)32(22-11-17(27)4-8-20(15)22)13-21(28)16-2-5-18(6-3-16)29-12-19-7-9-23-26(30-19)31-24(33)14-35-23/h4,7-11,16,18,21,29H,2-3,5-6,12-14,28H2,1H3,(H,30,31,33)/t16?,18?,21-/m1/s1. The van der Waals surface area contributed by atoms with Crippen molar-refractivity contribution < 1.29 is 13.9 Å². The van der Waals surface area contributed by atoms with Crippen LogP contribution in [0.5, 0.6) is 5.75 Å². The highest BCUT2D eigenvalue weighted by molar-refractivity contribution is 5.94. The molecule has 1 atom stereocenters. The molecule has 0 spiro atoms. The highest BCUT2D eigenvalue weighted by Crippen LogP contribution is 2.29. The van der Waals surface area contributed by atoms with Gasteiger partial charge in [-0.15, -0.1) is 0 Å². The highest BCUT2D eigenvalue weighted by Gasteiger charge is 2.26. The lowest BCUT2D eigenvalue weighted by Gasteiger charge is -2.33. The fraction of sp³-hybridized carbons (Fsp3) is 0.423. The molecule has 0 bridgehead atoms. The summed E-state index contributed by atoms with van der Waals surface area (Å²) in [6.45, 7) is 2.85. The predicted octanol–water partition coefficient (Wildman–Crippen LogP) is 2.85. The normalized spacial score (nSPS) is 20.7. The molecule has 9 heteroatoms. The van der Waals surface area contributed by atoms with E-state index in [0.717, 1.165) is 42.3 Å². The molecule has 5 rings (SSSR count). The van der Waals surface area contributed by atoms with Gasteiger partial charge in [-0.25, -0.2) is 9.37 Å². The summed E-state index contributed by atoms with van der Waals surface area (Å²) in [5.74, 6) is 0.787. The zero-order valence-electron chi connectivity index (χ0n) is 19.7. The Labute approximate surface area is 202 Å². The first-order chi connectivity index (χ1) is 16.9. The van der Waals surface area contributed by atoms with E-state index in [-0.39, 0.29) is 29.9 Å². The van der Waals surface area contributed by atoms with E-state index in [1.165, 1.54) is 12.1 Å².